The first-order chi connectivity index (χ1) is 12.6. The maximum Gasteiger partial charge on any atom is 0.340 e. The molecule has 0 saturated carbocycles. The van der Waals surface area contributed by atoms with Crippen molar-refractivity contribution >= 4 is 23.5 Å². The van der Waals surface area contributed by atoms with E-state index in [4.69, 9.17) is 25.8 Å². The van der Waals surface area contributed by atoms with Crippen LogP contribution in [-0.2, 0) is 11.3 Å². The molecule has 0 atom stereocenters. The van der Waals surface area contributed by atoms with Crippen molar-refractivity contribution in [3.8, 4) is 11.5 Å². The first-order valence-corrected chi connectivity index (χ1v) is 8.72. The zero-order valence-electron chi connectivity index (χ0n) is 13.9. The Hall–Kier alpha value is -2.67. The Balaban J connectivity index is 1.40. The number of aromatic nitrogens is 1. The molecule has 1 N–H and O–H groups in total. The van der Waals surface area contributed by atoms with E-state index in [9.17, 15) is 9.59 Å². The predicted octanol–water partition coefficient (Wildman–Crippen LogP) is 2.99. The van der Waals surface area contributed by atoms with Gasteiger partial charge < -0.3 is 24.1 Å². The number of likely N-dealkylation sites (tertiary alicyclic amines) is 1. The number of esters is 1. The number of carbonyl (C=O) groups is 2. The number of ether oxygens (including phenoxy) is 3. The average Bonchev–Trinajstić information content (AvgIpc) is 3.40. The van der Waals surface area contributed by atoms with Gasteiger partial charge in [-0.2, -0.15) is 0 Å². The van der Waals surface area contributed by atoms with Gasteiger partial charge in [0.2, 0.25) is 6.79 Å². The van der Waals surface area contributed by atoms with Crippen LogP contribution >= 0.6 is 11.6 Å². The molecule has 2 aliphatic heterocycles. The number of H-pyrrole nitrogens is 1. The standard InChI is InChI=1S/C18H17ClN2O5/c19-13-5-11(6-15-16(13)26-10-25-15)9-24-18(23)12-7-14(20-8-12)17(22)21-3-1-2-4-21/h5-8,20H,1-4,9-10H2. The molecule has 1 amide bonds. The zero-order valence-corrected chi connectivity index (χ0v) is 14.7. The number of benzene rings is 1. The van der Waals surface area contributed by atoms with Crippen LogP contribution in [0.1, 0.15) is 39.3 Å². The van der Waals surface area contributed by atoms with E-state index < -0.39 is 5.97 Å². The molecule has 1 aromatic carbocycles. The van der Waals surface area contributed by atoms with E-state index in [2.05, 4.69) is 4.98 Å². The highest BCUT2D eigenvalue weighted by molar-refractivity contribution is 6.32. The van der Waals surface area contributed by atoms with Crippen LogP contribution in [0, 0.1) is 0 Å². The third-order valence-corrected chi connectivity index (χ3v) is 4.68. The van der Waals surface area contributed by atoms with Crippen molar-refractivity contribution in [3.63, 3.8) is 0 Å². The Bertz CT molecular complexity index is 857. The van der Waals surface area contributed by atoms with E-state index in [1.54, 1.807) is 17.0 Å². The number of aromatic amines is 1. The van der Waals surface area contributed by atoms with Crippen LogP contribution in [-0.4, -0.2) is 41.6 Å². The molecule has 1 fully saturated rings. The lowest BCUT2D eigenvalue weighted by Crippen LogP contribution is -2.27. The molecule has 0 aliphatic carbocycles. The van der Waals surface area contributed by atoms with Crippen molar-refractivity contribution in [2.75, 3.05) is 19.9 Å². The van der Waals surface area contributed by atoms with Crippen LogP contribution in [0.25, 0.3) is 0 Å². The number of fused-ring (bicyclic) bond motifs is 1. The average molecular weight is 377 g/mol. The number of hydrogen-bond donors (Lipinski definition) is 1. The molecule has 3 heterocycles. The lowest BCUT2D eigenvalue weighted by atomic mass is 10.2. The monoisotopic (exact) mass is 376 g/mol. The molecular weight excluding hydrogens is 360 g/mol. The molecule has 0 radical (unpaired) electrons. The number of rotatable bonds is 4. The van der Waals surface area contributed by atoms with Gasteiger partial charge in [-0.15, -0.1) is 0 Å². The van der Waals surface area contributed by atoms with Gasteiger partial charge in [-0.25, -0.2) is 4.79 Å². The second kappa shape index (κ2) is 6.92. The van der Waals surface area contributed by atoms with Crippen LogP contribution in [0.3, 0.4) is 0 Å². The summed E-state index contributed by atoms with van der Waals surface area (Å²) in [6.07, 6.45) is 3.51. The summed E-state index contributed by atoms with van der Waals surface area (Å²) in [5, 5.41) is 0.409. The molecule has 26 heavy (non-hydrogen) atoms. The van der Waals surface area contributed by atoms with Gasteiger partial charge in [-0.1, -0.05) is 11.6 Å². The number of nitrogens with zero attached hydrogens (tertiary/aromatic N) is 1. The molecule has 136 valence electrons. The Labute approximate surface area is 154 Å². The molecule has 4 rings (SSSR count). The van der Waals surface area contributed by atoms with Crippen molar-refractivity contribution in [2.45, 2.75) is 19.4 Å². The molecule has 1 saturated heterocycles. The predicted molar refractivity (Wildman–Crippen MR) is 92.6 cm³/mol. The van der Waals surface area contributed by atoms with E-state index in [0.29, 0.717) is 33.3 Å². The van der Waals surface area contributed by atoms with Gasteiger partial charge in [0.05, 0.1) is 10.6 Å². The lowest BCUT2D eigenvalue weighted by molar-refractivity contribution is 0.0472. The summed E-state index contributed by atoms with van der Waals surface area (Å²) in [6, 6.07) is 4.92. The molecule has 1 aromatic heterocycles. The summed E-state index contributed by atoms with van der Waals surface area (Å²) in [6.45, 7) is 1.66. The van der Waals surface area contributed by atoms with Gasteiger partial charge >= 0.3 is 5.97 Å². The maximum atomic E-state index is 12.3. The van der Waals surface area contributed by atoms with E-state index >= 15 is 0 Å². The highest BCUT2D eigenvalue weighted by atomic mass is 35.5. The van der Waals surface area contributed by atoms with Gasteiger partial charge in [-0.3, -0.25) is 4.79 Å². The van der Waals surface area contributed by atoms with Gasteiger partial charge in [-0.05, 0) is 36.6 Å². The summed E-state index contributed by atoms with van der Waals surface area (Å²) in [5.74, 6) is 0.417. The summed E-state index contributed by atoms with van der Waals surface area (Å²) >= 11 is 6.11. The minimum absolute atomic E-state index is 0.0375. The molecular formula is C18H17ClN2O5. The lowest BCUT2D eigenvalue weighted by Gasteiger charge is -2.13. The van der Waals surface area contributed by atoms with Crippen molar-refractivity contribution in [1.29, 1.82) is 0 Å². The summed E-state index contributed by atoms with van der Waals surface area (Å²) in [4.78, 5) is 29.2. The third kappa shape index (κ3) is 3.22. The highest BCUT2D eigenvalue weighted by Crippen LogP contribution is 2.39. The molecule has 7 nitrogen and oxygen atoms in total. The largest absolute Gasteiger partial charge is 0.457 e. The van der Waals surface area contributed by atoms with Crippen LogP contribution in [0.5, 0.6) is 11.5 Å². The highest BCUT2D eigenvalue weighted by Gasteiger charge is 2.22. The normalized spacial score (nSPS) is 15.3. The van der Waals surface area contributed by atoms with E-state index in [1.807, 2.05) is 0 Å². The van der Waals surface area contributed by atoms with E-state index in [-0.39, 0.29) is 19.3 Å². The van der Waals surface area contributed by atoms with Crippen LogP contribution in [0.4, 0.5) is 0 Å². The third-order valence-electron chi connectivity index (χ3n) is 4.40. The SMILES string of the molecule is O=C(OCc1cc(Cl)c2c(c1)OCO2)c1c[nH]c(C(=O)N2CCCC2)c1. The van der Waals surface area contributed by atoms with Crippen LogP contribution in [0.15, 0.2) is 24.4 Å². The smallest absolute Gasteiger partial charge is 0.340 e. The van der Waals surface area contributed by atoms with Crippen molar-refractivity contribution in [3.05, 3.63) is 46.2 Å². The quantitative estimate of drug-likeness (QED) is 0.830. The minimum atomic E-state index is -0.518. The first kappa shape index (κ1) is 16.8. The van der Waals surface area contributed by atoms with Crippen LogP contribution < -0.4 is 9.47 Å². The molecule has 0 unspecified atom stereocenters. The first-order valence-electron chi connectivity index (χ1n) is 8.34. The van der Waals surface area contributed by atoms with Crippen LogP contribution in [0.2, 0.25) is 5.02 Å². The Morgan fingerprint density at radius 3 is 2.81 bits per heavy atom. The van der Waals surface area contributed by atoms with Gasteiger partial charge in [0.25, 0.3) is 5.91 Å². The number of hydrogen-bond acceptors (Lipinski definition) is 5. The molecule has 8 heteroatoms. The van der Waals surface area contributed by atoms with Crippen molar-refractivity contribution < 1.29 is 23.8 Å². The molecule has 2 aliphatic rings. The minimum Gasteiger partial charge on any atom is -0.457 e. The fourth-order valence-electron chi connectivity index (χ4n) is 3.06. The van der Waals surface area contributed by atoms with E-state index in [1.165, 1.54) is 12.3 Å². The second-order valence-corrected chi connectivity index (χ2v) is 6.60. The Morgan fingerprint density at radius 2 is 2.00 bits per heavy atom. The number of amides is 1. The number of carbonyl (C=O) groups excluding carboxylic acids is 2. The summed E-state index contributed by atoms with van der Waals surface area (Å²) < 4.78 is 15.8. The second-order valence-electron chi connectivity index (χ2n) is 6.19. The summed E-state index contributed by atoms with van der Waals surface area (Å²) in [7, 11) is 0. The fraction of sp³-hybridized carbons (Fsp3) is 0.333. The van der Waals surface area contributed by atoms with Crippen molar-refractivity contribution in [2.24, 2.45) is 0 Å². The Kier molecular flexibility index (Phi) is 4.46. The molecule has 0 bridgehead atoms. The Morgan fingerprint density at radius 1 is 1.19 bits per heavy atom. The topological polar surface area (TPSA) is 80.9 Å². The number of halogens is 1. The van der Waals surface area contributed by atoms with E-state index in [0.717, 1.165) is 25.9 Å². The fourth-order valence-corrected chi connectivity index (χ4v) is 3.35. The van der Waals surface area contributed by atoms with Gasteiger partial charge in [0.15, 0.2) is 11.5 Å². The maximum absolute atomic E-state index is 12.3. The molecule has 2 aromatic rings. The van der Waals surface area contributed by atoms with Crippen molar-refractivity contribution in [1.82, 2.24) is 9.88 Å². The summed E-state index contributed by atoms with van der Waals surface area (Å²) in [5.41, 5.74) is 1.39. The number of nitrogens with one attached hydrogen (secondary N) is 1. The molecule has 0 spiro atoms. The zero-order chi connectivity index (χ0) is 18.1. The van der Waals surface area contributed by atoms with Gasteiger partial charge in [0.1, 0.15) is 12.3 Å². The van der Waals surface area contributed by atoms with Gasteiger partial charge in [0, 0.05) is 19.3 Å².